The van der Waals surface area contributed by atoms with E-state index in [4.69, 9.17) is 21.1 Å². The number of benzene rings is 2. The normalized spacial score (nSPS) is 10.7. The van der Waals surface area contributed by atoms with Crippen LogP contribution in [0.25, 0.3) is 0 Å². The number of ketones is 1. The summed E-state index contributed by atoms with van der Waals surface area (Å²) in [6, 6.07) is 12.3. The van der Waals surface area contributed by atoms with Crippen LogP contribution in [0.3, 0.4) is 0 Å². The van der Waals surface area contributed by atoms with Crippen LogP contribution in [0.5, 0.6) is 11.5 Å². The lowest BCUT2D eigenvalue weighted by atomic mass is 10.1. The van der Waals surface area contributed by atoms with Gasteiger partial charge in [0, 0.05) is 10.6 Å². The minimum atomic E-state index is -0.0778. The predicted octanol–water partition coefficient (Wildman–Crippen LogP) is 4.85. The number of carbonyl (C=O) groups is 1. The van der Waals surface area contributed by atoms with E-state index in [0.29, 0.717) is 10.6 Å². The smallest absolute Gasteiger partial charge is 0.186 e. The second-order valence-corrected chi connectivity index (χ2v) is 5.69. The van der Waals surface area contributed by atoms with E-state index in [1.54, 1.807) is 43.9 Å². The molecule has 0 saturated carbocycles. The third-order valence-electron chi connectivity index (χ3n) is 2.91. The highest BCUT2D eigenvalue weighted by molar-refractivity contribution is 8.02. The molecule has 0 N–H and O–H groups in total. The number of ether oxygens (including phenoxy) is 2. The van der Waals surface area contributed by atoms with Gasteiger partial charge in [0.25, 0.3) is 0 Å². The molecule has 0 aromatic heterocycles. The Morgan fingerprint density at radius 1 is 1.09 bits per heavy atom. The van der Waals surface area contributed by atoms with Gasteiger partial charge in [0.1, 0.15) is 11.5 Å². The number of rotatable bonds is 6. The summed E-state index contributed by atoms with van der Waals surface area (Å²) in [6.07, 6.45) is 1.52. The summed E-state index contributed by atoms with van der Waals surface area (Å²) in [5.74, 6) is 1.39. The van der Waals surface area contributed by atoms with Gasteiger partial charge in [-0.15, -0.1) is 0 Å². The van der Waals surface area contributed by atoms with Crippen molar-refractivity contribution in [2.75, 3.05) is 14.2 Å². The summed E-state index contributed by atoms with van der Waals surface area (Å²) in [5.41, 5.74) is 0.596. The molecule has 0 unspecified atom stereocenters. The van der Waals surface area contributed by atoms with Crippen LogP contribution in [0.4, 0.5) is 0 Å². The summed E-state index contributed by atoms with van der Waals surface area (Å²) >= 11 is 7.20. The third kappa shape index (κ3) is 4.29. The van der Waals surface area contributed by atoms with Gasteiger partial charge in [-0.25, -0.2) is 0 Å². The summed E-state index contributed by atoms with van der Waals surface area (Å²) in [4.78, 5) is 12.9. The number of carbonyl (C=O) groups excluding carboxylic acids is 1. The third-order valence-corrected chi connectivity index (χ3v) is 4.01. The Bertz CT molecular complexity index is 681. The van der Waals surface area contributed by atoms with Crippen LogP contribution < -0.4 is 9.47 Å². The molecule has 0 heterocycles. The van der Waals surface area contributed by atoms with Crippen molar-refractivity contribution in [2.24, 2.45) is 0 Å². The van der Waals surface area contributed by atoms with Crippen LogP contribution in [0.15, 0.2) is 58.8 Å². The fourth-order valence-corrected chi connectivity index (χ4v) is 2.67. The van der Waals surface area contributed by atoms with Crippen LogP contribution in [0.1, 0.15) is 10.4 Å². The first-order chi connectivity index (χ1) is 10.6. The lowest BCUT2D eigenvalue weighted by Gasteiger charge is -2.07. The molecule has 2 aromatic rings. The number of methoxy groups -OCH3 is 2. The highest BCUT2D eigenvalue weighted by Gasteiger charge is 2.05. The highest BCUT2D eigenvalue weighted by atomic mass is 35.5. The van der Waals surface area contributed by atoms with Crippen molar-refractivity contribution in [3.8, 4) is 11.5 Å². The zero-order valence-corrected chi connectivity index (χ0v) is 13.8. The fraction of sp³-hybridized carbons (Fsp3) is 0.118. The van der Waals surface area contributed by atoms with Crippen molar-refractivity contribution in [1.82, 2.24) is 0 Å². The van der Waals surface area contributed by atoms with E-state index in [0.717, 1.165) is 16.4 Å². The minimum absolute atomic E-state index is 0.0778. The van der Waals surface area contributed by atoms with Crippen molar-refractivity contribution in [3.05, 3.63) is 64.5 Å². The minimum Gasteiger partial charge on any atom is -0.497 e. The lowest BCUT2D eigenvalue weighted by molar-refractivity contribution is 0.104. The monoisotopic (exact) mass is 334 g/mol. The maximum Gasteiger partial charge on any atom is 0.186 e. The van der Waals surface area contributed by atoms with Crippen molar-refractivity contribution in [3.63, 3.8) is 0 Å². The molecule has 0 bridgehead atoms. The molecule has 0 spiro atoms. The van der Waals surface area contributed by atoms with Crippen molar-refractivity contribution < 1.29 is 14.3 Å². The van der Waals surface area contributed by atoms with Crippen molar-refractivity contribution >= 4 is 29.1 Å². The molecule has 0 amide bonds. The van der Waals surface area contributed by atoms with E-state index < -0.39 is 0 Å². The van der Waals surface area contributed by atoms with Gasteiger partial charge in [-0.3, -0.25) is 4.79 Å². The summed E-state index contributed by atoms with van der Waals surface area (Å²) < 4.78 is 10.5. The van der Waals surface area contributed by atoms with Crippen molar-refractivity contribution in [1.29, 1.82) is 0 Å². The predicted molar refractivity (Wildman–Crippen MR) is 90.3 cm³/mol. The zero-order chi connectivity index (χ0) is 15.9. The molecule has 0 aliphatic rings. The Balaban J connectivity index is 2.08. The number of hydrogen-bond acceptors (Lipinski definition) is 4. The van der Waals surface area contributed by atoms with Gasteiger partial charge in [-0.2, -0.15) is 0 Å². The average molecular weight is 335 g/mol. The summed E-state index contributed by atoms with van der Waals surface area (Å²) in [7, 11) is 3.21. The van der Waals surface area contributed by atoms with Gasteiger partial charge in [-0.1, -0.05) is 23.4 Å². The molecule has 3 nitrogen and oxygen atoms in total. The molecule has 0 atom stereocenters. The first-order valence-corrected chi connectivity index (χ1v) is 7.75. The Hall–Kier alpha value is -1.91. The van der Waals surface area contributed by atoms with E-state index in [9.17, 15) is 4.79 Å². The number of hydrogen-bond donors (Lipinski definition) is 0. The summed E-state index contributed by atoms with van der Waals surface area (Å²) in [6.45, 7) is 0. The molecule has 114 valence electrons. The van der Waals surface area contributed by atoms with E-state index in [2.05, 4.69) is 0 Å². The second kappa shape index (κ2) is 7.92. The Labute approximate surface area is 138 Å². The first kappa shape index (κ1) is 16.5. The molecule has 0 radical (unpaired) electrons. The zero-order valence-electron chi connectivity index (χ0n) is 12.2. The van der Waals surface area contributed by atoms with Crippen LogP contribution in [0.2, 0.25) is 5.02 Å². The van der Waals surface area contributed by atoms with Gasteiger partial charge in [0.05, 0.1) is 19.1 Å². The van der Waals surface area contributed by atoms with Crippen LogP contribution in [-0.4, -0.2) is 20.0 Å². The maximum absolute atomic E-state index is 12.0. The number of allylic oxidation sites excluding steroid dienone is 1. The van der Waals surface area contributed by atoms with Crippen LogP contribution >= 0.6 is 23.4 Å². The second-order valence-electron chi connectivity index (χ2n) is 4.31. The molecular weight excluding hydrogens is 320 g/mol. The molecule has 0 aliphatic carbocycles. The van der Waals surface area contributed by atoms with E-state index in [1.807, 2.05) is 18.2 Å². The standard InChI is InChI=1S/C17H15ClO3S/c1-20-14-7-8-16(21-2)17(11-14)22-10-9-15(19)12-3-5-13(18)6-4-12/h3-11H,1-2H3/b10-9+. The maximum atomic E-state index is 12.0. The topological polar surface area (TPSA) is 35.5 Å². The Kier molecular flexibility index (Phi) is 5.92. The lowest BCUT2D eigenvalue weighted by Crippen LogP contribution is -1.92. The van der Waals surface area contributed by atoms with Gasteiger partial charge in [0.2, 0.25) is 0 Å². The molecule has 2 rings (SSSR count). The van der Waals surface area contributed by atoms with E-state index in [1.165, 1.54) is 17.8 Å². The van der Waals surface area contributed by atoms with E-state index >= 15 is 0 Å². The van der Waals surface area contributed by atoms with Crippen molar-refractivity contribution in [2.45, 2.75) is 4.90 Å². The van der Waals surface area contributed by atoms with Crippen LogP contribution in [-0.2, 0) is 0 Å². The van der Waals surface area contributed by atoms with Gasteiger partial charge >= 0.3 is 0 Å². The Morgan fingerprint density at radius 2 is 1.82 bits per heavy atom. The molecular formula is C17H15ClO3S. The molecule has 2 aromatic carbocycles. The van der Waals surface area contributed by atoms with Gasteiger partial charge in [0.15, 0.2) is 5.78 Å². The van der Waals surface area contributed by atoms with Gasteiger partial charge < -0.3 is 9.47 Å². The highest BCUT2D eigenvalue weighted by Crippen LogP contribution is 2.33. The molecule has 0 fully saturated rings. The Morgan fingerprint density at radius 3 is 2.45 bits per heavy atom. The SMILES string of the molecule is COc1ccc(OC)c(S/C=C/C(=O)c2ccc(Cl)cc2)c1. The number of halogens is 1. The summed E-state index contributed by atoms with van der Waals surface area (Å²) in [5, 5.41) is 2.34. The fourth-order valence-electron chi connectivity index (χ4n) is 1.76. The molecule has 0 aliphatic heterocycles. The largest absolute Gasteiger partial charge is 0.497 e. The quantitative estimate of drug-likeness (QED) is 0.430. The number of thioether (sulfide) groups is 1. The molecule has 0 saturated heterocycles. The van der Waals surface area contributed by atoms with Crippen LogP contribution in [0, 0.1) is 0 Å². The molecule has 22 heavy (non-hydrogen) atoms. The first-order valence-electron chi connectivity index (χ1n) is 6.49. The van der Waals surface area contributed by atoms with Gasteiger partial charge in [-0.05, 0) is 53.9 Å². The average Bonchev–Trinajstić information content (AvgIpc) is 2.55. The molecule has 5 heteroatoms. The van der Waals surface area contributed by atoms with E-state index in [-0.39, 0.29) is 5.78 Å².